The molecule has 0 saturated carbocycles. The number of hydrogen-bond donors (Lipinski definition) is 1. The first-order valence-electron chi connectivity index (χ1n) is 7.27. The first-order valence-corrected chi connectivity index (χ1v) is 12.7. The number of carbonyl (C=O) groups excluding carboxylic acids is 2. The Bertz CT molecular complexity index is 728. The summed E-state index contributed by atoms with van der Waals surface area (Å²) in [6, 6.07) is 11.9. The number of carbonyl (C=O) groups is 2. The summed E-state index contributed by atoms with van der Waals surface area (Å²) >= 11 is -0.509. The standard InChI is InChI=1S/C17H16NO4.CH3.Po/c1-11(19)15-9-6-13(10-16(15)22-3)18-17(20)12-4-7-14(21-2)8-5-12;;/h4-10H,3H2,1-2H3,(H,18,20);1H3;. The number of Topliss-reactive ketones (excluding diaryl/α,β-unsaturated/α-hetero) is 1. The van der Waals surface area contributed by atoms with E-state index in [-0.39, 0.29) is 11.7 Å². The zero-order valence-corrected chi connectivity index (χ0v) is 17.0. The van der Waals surface area contributed by atoms with Gasteiger partial charge in [0.25, 0.3) is 0 Å². The van der Waals surface area contributed by atoms with Crippen LogP contribution in [-0.2, 0) is 0 Å². The molecule has 0 radical (unpaired) electrons. The third-order valence-electron chi connectivity index (χ3n) is 3.30. The van der Waals surface area contributed by atoms with Gasteiger partial charge in [0.2, 0.25) is 0 Å². The monoisotopic (exact) mass is 522 g/mol. The molecule has 0 aliphatic heterocycles. The Morgan fingerprint density at radius 3 is 2.42 bits per heavy atom. The number of hydrogen-bond acceptors (Lipinski definition) is 4. The molecular weight excluding hydrogens is 503 g/mol. The molecule has 1 amide bonds. The van der Waals surface area contributed by atoms with Crippen LogP contribution in [0.25, 0.3) is 0 Å². The Balaban J connectivity index is 2.18. The molecule has 0 fully saturated rings. The normalized spacial score (nSPS) is 10.1. The quantitative estimate of drug-likeness (QED) is 0.568. The second-order valence-electron chi connectivity index (χ2n) is 5.00. The van der Waals surface area contributed by atoms with Gasteiger partial charge in [0.1, 0.15) is 0 Å². The molecule has 0 bridgehead atoms. The first kappa shape index (κ1) is 18.4. The number of amides is 1. The van der Waals surface area contributed by atoms with E-state index in [1.54, 1.807) is 49.6 Å². The second kappa shape index (κ2) is 8.80. The number of benzene rings is 2. The minimum absolute atomic E-state index is 0.0564. The molecule has 5 nitrogen and oxygen atoms in total. The molecule has 0 aromatic heterocycles. The third-order valence-corrected chi connectivity index (χ3v) is 4.68. The van der Waals surface area contributed by atoms with Gasteiger partial charge < -0.3 is 0 Å². The summed E-state index contributed by atoms with van der Waals surface area (Å²) in [7, 11) is 1.58. The molecule has 0 unspecified atom stereocenters. The van der Waals surface area contributed by atoms with Gasteiger partial charge in [-0.1, -0.05) is 0 Å². The number of methoxy groups -OCH3 is 1. The van der Waals surface area contributed by atoms with Crippen molar-refractivity contribution in [3.05, 3.63) is 53.6 Å². The van der Waals surface area contributed by atoms with Crippen molar-refractivity contribution in [2.75, 3.05) is 16.7 Å². The molecule has 0 saturated heterocycles. The Kier molecular flexibility index (Phi) is 6.75. The molecule has 6 heteroatoms. The SMILES string of the molecule is COc1ccc(C(=O)Nc2ccc(C(C)=O)c(O[CH2][Po][CH3])c2)cc1. The zero-order chi connectivity index (χ0) is 17.5. The molecule has 1 N–H and O–H groups in total. The van der Waals surface area contributed by atoms with Gasteiger partial charge in [-0.25, -0.2) is 0 Å². The summed E-state index contributed by atoms with van der Waals surface area (Å²) in [4.78, 5) is 24.0. The fourth-order valence-corrected chi connectivity index (χ4v) is 3.03. The van der Waals surface area contributed by atoms with Gasteiger partial charge in [-0.2, -0.15) is 0 Å². The molecule has 0 aliphatic carbocycles. The number of rotatable bonds is 7. The van der Waals surface area contributed by atoms with Crippen LogP contribution in [0.5, 0.6) is 11.5 Å². The topological polar surface area (TPSA) is 64.6 Å². The first-order chi connectivity index (χ1) is 11.5. The molecule has 0 spiro atoms. The van der Waals surface area contributed by atoms with Gasteiger partial charge in [-0.15, -0.1) is 0 Å². The van der Waals surface area contributed by atoms with E-state index in [4.69, 9.17) is 9.47 Å². The van der Waals surface area contributed by atoms with Crippen molar-refractivity contribution in [3.8, 4) is 11.5 Å². The average Bonchev–Trinajstić information content (AvgIpc) is 2.59. The third kappa shape index (κ3) is 4.78. The van der Waals surface area contributed by atoms with E-state index < -0.39 is 23.6 Å². The fraction of sp³-hybridized carbons (Fsp3) is 0.222. The zero-order valence-electron chi connectivity index (χ0n) is 13.8. The van der Waals surface area contributed by atoms with E-state index in [9.17, 15) is 9.59 Å². The second-order valence-corrected chi connectivity index (χ2v) is 8.16. The van der Waals surface area contributed by atoms with Crippen molar-refractivity contribution >= 4 is 40.9 Å². The van der Waals surface area contributed by atoms with Crippen LogP contribution in [0.15, 0.2) is 42.5 Å². The predicted octanol–water partition coefficient (Wildman–Crippen LogP) is 3.24. The summed E-state index contributed by atoms with van der Waals surface area (Å²) in [5.41, 5.74) is 1.65. The summed E-state index contributed by atoms with van der Waals surface area (Å²) < 4.78 is 13.6. The van der Waals surface area contributed by atoms with Gasteiger partial charge in [0.15, 0.2) is 0 Å². The molecule has 0 heterocycles. The van der Waals surface area contributed by atoms with Crippen molar-refractivity contribution in [3.63, 3.8) is 0 Å². The summed E-state index contributed by atoms with van der Waals surface area (Å²) in [5, 5.41) is 2.82. The average molecular weight is 522 g/mol. The fourth-order valence-electron chi connectivity index (χ4n) is 2.08. The van der Waals surface area contributed by atoms with Crippen molar-refractivity contribution in [1.29, 1.82) is 0 Å². The summed E-state index contributed by atoms with van der Waals surface area (Å²) in [6.07, 6.45) is 0. The Morgan fingerprint density at radius 2 is 1.83 bits per heavy atom. The molecule has 2 aromatic carbocycles. The molecular formula is C18H19NO4Po. The predicted molar refractivity (Wildman–Crippen MR) is 94.5 cm³/mol. The van der Waals surface area contributed by atoms with Gasteiger partial charge in [-0.3, -0.25) is 0 Å². The van der Waals surface area contributed by atoms with Crippen molar-refractivity contribution < 1.29 is 19.1 Å². The van der Waals surface area contributed by atoms with Crippen LogP contribution in [0.3, 0.4) is 0 Å². The van der Waals surface area contributed by atoms with Crippen LogP contribution >= 0.6 is 0 Å². The van der Waals surface area contributed by atoms with Crippen LogP contribution < -0.4 is 14.8 Å². The van der Waals surface area contributed by atoms with E-state index in [1.165, 1.54) is 6.92 Å². The molecule has 0 aliphatic rings. The van der Waals surface area contributed by atoms with E-state index >= 15 is 0 Å². The minimum atomic E-state index is -0.509. The maximum absolute atomic E-state index is 12.3. The Hall–Kier alpha value is -1.92. The number of ether oxygens (including phenoxy) is 2. The van der Waals surface area contributed by atoms with Gasteiger partial charge >= 0.3 is 146 Å². The van der Waals surface area contributed by atoms with E-state index in [0.29, 0.717) is 32.6 Å². The van der Waals surface area contributed by atoms with Gasteiger partial charge in [-0.05, 0) is 0 Å². The maximum atomic E-state index is 12.3. The molecule has 2 rings (SSSR count). The van der Waals surface area contributed by atoms with E-state index in [2.05, 4.69) is 9.90 Å². The number of ketones is 1. The van der Waals surface area contributed by atoms with Crippen LogP contribution in [0, 0.1) is 0 Å². The van der Waals surface area contributed by atoms with Crippen LogP contribution in [0.1, 0.15) is 27.6 Å². The van der Waals surface area contributed by atoms with E-state index in [1.807, 2.05) is 0 Å². The van der Waals surface area contributed by atoms with Crippen molar-refractivity contribution in [2.24, 2.45) is 0 Å². The van der Waals surface area contributed by atoms with Gasteiger partial charge in [0.05, 0.1) is 7.11 Å². The van der Waals surface area contributed by atoms with E-state index in [0.717, 1.165) is 0 Å². The van der Waals surface area contributed by atoms with Gasteiger partial charge in [0, 0.05) is 0 Å². The van der Waals surface area contributed by atoms with Crippen molar-refractivity contribution in [2.45, 2.75) is 11.5 Å². The molecule has 2 aromatic rings. The molecule has 126 valence electrons. The van der Waals surface area contributed by atoms with Crippen LogP contribution in [-0.4, -0.2) is 46.6 Å². The Morgan fingerprint density at radius 1 is 1.12 bits per heavy atom. The van der Waals surface area contributed by atoms with Crippen LogP contribution in [0.2, 0.25) is 4.58 Å². The Labute approximate surface area is 153 Å². The summed E-state index contributed by atoms with van der Waals surface area (Å²) in [5.74, 6) is 0.930. The summed E-state index contributed by atoms with van der Waals surface area (Å²) in [6.45, 7) is 1.50. The molecule has 0 atom stereocenters. The number of anilines is 1. The van der Waals surface area contributed by atoms with Crippen LogP contribution in [0.4, 0.5) is 5.69 Å². The van der Waals surface area contributed by atoms with Crippen molar-refractivity contribution in [1.82, 2.24) is 0 Å². The number of nitrogens with one attached hydrogen (secondary N) is 1. The molecule has 24 heavy (non-hydrogen) atoms.